The highest BCUT2D eigenvalue weighted by Gasteiger charge is 2.50. The molecule has 0 aliphatic heterocycles. The molecule has 3 aromatic rings. The zero-order chi connectivity index (χ0) is 28.9. The molecule has 1 spiro atoms. The molecule has 1 saturated carbocycles. The number of aliphatic hydroxyl groups is 1. The largest absolute Gasteiger partial charge is 0.507 e. The van der Waals surface area contributed by atoms with Crippen molar-refractivity contribution in [1.82, 2.24) is 0 Å². The number of allylic oxidation sites excluding steroid dienone is 2. The molecule has 210 valence electrons. The summed E-state index contributed by atoms with van der Waals surface area (Å²) in [7, 11) is 4.96. The highest BCUT2D eigenvalue weighted by Crippen LogP contribution is 2.59. The van der Waals surface area contributed by atoms with Crippen LogP contribution < -0.4 is 14.2 Å². The number of rotatable bonds is 4. The van der Waals surface area contributed by atoms with Crippen molar-refractivity contribution in [1.29, 1.82) is 0 Å². The molecule has 2 aliphatic rings. The minimum Gasteiger partial charge on any atom is -0.507 e. The monoisotopic (exact) mass is 538 g/mol. The molecule has 1 N–H and O–H groups in total. The number of fused-ring (bicyclic) bond motifs is 3. The third-order valence-corrected chi connectivity index (χ3v) is 8.76. The van der Waals surface area contributed by atoms with Gasteiger partial charge in [0.05, 0.1) is 21.3 Å². The first-order chi connectivity index (χ1) is 18.9. The first-order valence-electron chi connectivity index (χ1n) is 14.0. The lowest BCUT2D eigenvalue weighted by molar-refractivity contribution is 0.0622. The third-order valence-electron chi connectivity index (χ3n) is 8.76. The summed E-state index contributed by atoms with van der Waals surface area (Å²) >= 11 is 0. The Bertz CT molecular complexity index is 1470. The van der Waals surface area contributed by atoms with E-state index in [0.29, 0.717) is 17.9 Å². The number of hydrogen-bond donors (Lipinski definition) is 1. The van der Waals surface area contributed by atoms with Crippen molar-refractivity contribution in [2.24, 2.45) is 10.8 Å². The fourth-order valence-electron chi connectivity index (χ4n) is 7.84. The van der Waals surface area contributed by atoms with Gasteiger partial charge in [0, 0.05) is 28.2 Å². The Kier molecular flexibility index (Phi) is 7.02. The van der Waals surface area contributed by atoms with E-state index in [9.17, 15) is 5.11 Å². The molecule has 0 aromatic heterocycles. The molecular weight excluding hydrogens is 496 g/mol. The van der Waals surface area contributed by atoms with Crippen molar-refractivity contribution in [2.75, 3.05) is 21.3 Å². The molecule has 40 heavy (non-hydrogen) atoms. The normalized spacial score (nSPS) is 20.2. The van der Waals surface area contributed by atoms with E-state index in [0.717, 1.165) is 52.8 Å². The summed E-state index contributed by atoms with van der Waals surface area (Å²) in [5.74, 6) is 2.30. The van der Waals surface area contributed by atoms with Crippen molar-refractivity contribution < 1.29 is 19.3 Å². The van der Waals surface area contributed by atoms with Crippen molar-refractivity contribution in [2.45, 2.75) is 58.8 Å². The van der Waals surface area contributed by atoms with Gasteiger partial charge in [-0.3, -0.25) is 0 Å². The first-order valence-corrected chi connectivity index (χ1v) is 14.0. The number of benzene rings is 3. The second-order valence-corrected chi connectivity index (χ2v) is 13.1. The third kappa shape index (κ3) is 4.89. The average Bonchev–Trinajstić information content (AvgIpc) is 2.93. The zero-order valence-corrected chi connectivity index (χ0v) is 25.0. The Morgan fingerprint density at radius 1 is 0.700 bits per heavy atom. The summed E-state index contributed by atoms with van der Waals surface area (Å²) < 4.78 is 17.1. The maximum Gasteiger partial charge on any atom is 0.130 e. The number of hydrogen-bond acceptors (Lipinski definition) is 4. The zero-order valence-electron chi connectivity index (χ0n) is 25.0. The van der Waals surface area contributed by atoms with E-state index in [1.807, 2.05) is 30.3 Å². The van der Waals surface area contributed by atoms with Crippen LogP contribution >= 0.6 is 0 Å². The number of methoxy groups -OCH3 is 3. The van der Waals surface area contributed by atoms with Crippen LogP contribution in [0.2, 0.25) is 0 Å². The Hall–Kier alpha value is -3.66. The van der Waals surface area contributed by atoms with Gasteiger partial charge in [-0.1, -0.05) is 58.5 Å². The van der Waals surface area contributed by atoms with E-state index in [1.165, 1.54) is 11.1 Å². The Morgan fingerprint density at radius 2 is 1.35 bits per heavy atom. The lowest BCUT2D eigenvalue weighted by atomic mass is 9.51. The molecule has 0 atom stereocenters. The van der Waals surface area contributed by atoms with Crippen molar-refractivity contribution in [3.63, 3.8) is 0 Å². The minimum atomic E-state index is -0.274. The van der Waals surface area contributed by atoms with E-state index in [2.05, 4.69) is 64.6 Å². The van der Waals surface area contributed by atoms with Gasteiger partial charge in [0.2, 0.25) is 0 Å². The van der Waals surface area contributed by atoms with Crippen LogP contribution in [0.4, 0.5) is 0 Å². The standard InChI is InChI=1S/C36H42O4/c1-23-15-31(37)28-19-33(40-8)29(27-14-13-26(38-6)18-32(27)39-7)17-25(28)16-24-11-9-10-12-30(24)36(23)21-34(2,3)20-35(4,5)22-36/h9-15,17-19,37H,1,16,20-22H2,2-8H3/b31-15+. The Balaban J connectivity index is 1.75. The number of ether oxygens (including phenoxy) is 3. The van der Waals surface area contributed by atoms with Crippen LogP contribution in [0.15, 0.2) is 72.8 Å². The molecule has 0 unspecified atom stereocenters. The quantitative estimate of drug-likeness (QED) is 0.360. The van der Waals surface area contributed by atoms with Crippen molar-refractivity contribution >= 4 is 5.76 Å². The van der Waals surface area contributed by atoms with E-state index in [4.69, 9.17) is 14.2 Å². The van der Waals surface area contributed by atoms with E-state index < -0.39 is 0 Å². The predicted octanol–water partition coefficient (Wildman–Crippen LogP) is 8.91. The SMILES string of the molecule is C=C1/C=C(/O)c2cc(OC)c(-c3ccc(OC)cc3OC)cc2Cc2ccccc2C12CC(C)(C)CC(C)(C)C2. The maximum absolute atomic E-state index is 11.7. The summed E-state index contributed by atoms with van der Waals surface area (Å²) in [5.41, 5.74) is 7.11. The van der Waals surface area contributed by atoms with Gasteiger partial charge >= 0.3 is 0 Å². The second-order valence-electron chi connectivity index (χ2n) is 13.1. The fraction of sp³-hybridized carbons (Fsp3) is 0.389. The smallest absolute Gasteiger partial charge is 0.130 e. The topological polar surface area (TPSA) is 47.9 Å². The second kappa shape index (κ2) is 10.1. The molecule has 0 radical (unpaired) electrons. The van der Waals surface area contributed by atoms with E-state index >= 15 is 0 Å². The Morgan fingerprint density at radius 3 is 2.00 bits per heavy atom. The highest BCUT2D eigenvalue weighted by atomic mass is 16.5. The maximum atomic E-state index is 11.7. The molecule has 4 nitrogen and oxygen atoms in total. The van der Waals surface area contributed by atoms with Gasteiger partial charge in [-0.25, -0.2) is 0 Å². The van der Waals surface area contributed by atoms with Crippen LogP contribution in [0.5, 0.6) is 17.2 Å². The lowest BCUT2D eigenvalue weighted by Crippen LogP contribution is -2.45. The molecule has 4 heteroatoms. The van der Waals surface area contributed by atoms with Crippen LogP contribution in [0, 0.1) is 10.8 Å². The van der Waals surface area contributed by atoms with Gasteiger partial charge in [0.15, 0.2) is 0 Å². The fourth-order valence-corrected chi connectivity index (χ4v) is 7.84. The molecule has 0 saturated heterocycles. The van der Waals surface area contributed by atoms with Crippen LogP contribution in [0.25, 0.3) is 16.9 Å². The van der Waals surface area contributed by atoms with Crippen molar-refractivity contribution in [3.8, 4) is 28.4 Å². The summed E-state index contributed by atoms with van der Waals surface area (Å²) in [6.45, 7) is 14.1. The van der Waals surface area contributed by atoms with Gasteiger partial charge in [-0.2, -0.15) is 0 Å². The average molecular weight is 539 g/mol. The molecule has 0 heterocycles. The molecule has 5 rings (SSSR count). The van der Waals surface area contributed by atoms with Gasteiger partial charge in [0.1, 0.15) is 23.0 Å². The molecule has 2 aliphatic carbocycles. The molecule has 0 bridgehead atoms. The summed E-state index contributed by atoms with van der Waals surface area (Å²) in [4.78, 5) is 0. The van der Waals surface area contributed by atoms with Crippen LogP contribution in [0.1, 0.15) is 69.2 Å². The van der Waals surface area contributed by atoms with E-state index in [1.54, 1.807) is 21.3 Å². The van der Waals surface area contributed by atoms with Crippen LogP contribution in [0.3, 0.4) is 0 Å². The van der Waals surface area contributed by atoms with E-state index in [-0.39, 0.29) is 22.0 Å². The number of aliphatic hydroxyl groups excluding tert-OH is 1. The first kappa shape index (κ1) is 27.9. The molecule has 1 fully saturated rings. The lowest BCUT2D eigenvalue weighted by Gasteiger charge is -2.53. The van der Waals surface area contributed by atoms with Crippen molar-refractivity contribution in [3.05, 3.63) is 95.1 Å². The molecule has 3 aromatic carbocycles. The minimum absolute atomic E-state index is 0.128. The Labute approximate surface area is 239 Å². The summed E-state index contributed by atoms with van der Waals surface area (Å²) in [6.07, 6.45) is 5.70. The predicted molar refractivity (Wildman–Crippen MR) is 164 cm³/mol. The molecule has 0 amide bonds. The highest BCUT2D eigenvalue weighted by molar-refractivity contribution is 5.81. The van der Waals surface area contributed by atoms with Gasteiger partial charge in [-0.15, -0.1) is 0 Å². The summed E-state index contributed by atoms with van der Waals surface area (Å²) in [6, 6.07) is 18.7. The van der Waals surface area contributed by atoms with Gasteiger partial charge < -0.3 is 19.3 Å². The van der Waals surface area contributed by atoms with Gasteiger partial charge in [-0.05, 0) is 89.1 Å². The summed E-state index contributed by atoms with van der Waals surface area (Å²) in [5, 5.41) is 11.7. The van der Waals surface area contributed by atoms with Crippen LogP contribution in [-0.4, -0.2) is 26.4 Å². The van der Waals surface area contributed by atoms with Gasteiger partial charge in [0.25, 0.3) is 0 Å². The molecular formula is C36H42O4. The van der Waals surface area contributed by atoms with Crippen LogP contribution in [-0.2, 0) is 11.8 Å².